The second kappa shape index (κ2) is 7.08. The molecule has 5 nitrogen and oxygen atoms in total. The molecule has 0 radical (unpaired) electrons. The first-order chi connectivity index (χ1) is 11.2. The lowest BCUT2D eigenvalue weighted by Gasteiger charge is -2.35. The molecule has 0 saturated carbocycles. The number of piperidine rings is 1. The maximum Gasteiger partial charge on any atom is 0.256 e. The summed E-state index contributed by atoms with van der Waals surface area (Å²) >= 11 is 0. The maximum atomic E-state index is 13.7. The van der Waals surface area contributed by atoms with Gasteiger partial charge in [-0.3, -0.25) is 9.59 Å². The van der Waals surface area contributed by atoms with E-state index in [1.165, 1.54) is 12.1 Å². The Morgan fingerprint density at radius 2 is 1.65 bits per heavy atom. The number of carbonyl (C=O) groups is 2. The zero-order chi connectivity index (χ0) is 16.2. The van der Waals surface area contributed by atoms with E-state index in [2.05, 4.69) is 0 Å². The van der Waals surface area contributed by atoms with Gasteiger partial charge in [-0.05, 0) is 25.0 Å². The summed E-state index contributed by atoms with van der Waals surface area (Å²) in [6.45, 7) is 3.47. The summed E-state index contributed by atoms with van der Waals surface area (Å²) in [5.41, 5.74) is 0.102. The predicted molar refractivity (Wildman–Crippen MR) is 82.4 cm³/mol. The standard InChI is InChI=1S/C17H21FN2O3/c18-15-4-2-1-3-14(15)17(22)19-7-5-13(6-8-19)16(21)20-9-11-23-12-10-20/h1-4,13H,5-12H2. The van der Waals surface area contributed by atoms with E-state index < -0.39 is 5.82 Å². The average molecular weight is 320 g/mol. The van der Waals surface area contributed by atoms with Gasteiger partial charge < -0.3 is 14.5 Å². The number of halogens is 1. The summed E-state index contributed by atoms with van der Waals surface area (Å²) in [4.78, 5) is 28.3. The number of likely N-dealkylation sites (tertiary alicyclic amines) is 1. The summed E-state index contributed by atoms with van der Waals surface area (Å²) in [6, 6.07) is 6.02. The molecule has 1 aromatic carbocycles. The minimum absolute atomic E-state index is 0.0437. The largest absolute Gasteiger partial charge is 0.378 e. The summed E-state index contributed by atoms with van der Waals surface area (Å²) in [7, 11) is 0. The first-order valence-electron chi connectivity index (χ1n) is 8.07. The highest BCUT2D eigenvalue weighted by Gasteiger charge is 2.31. The van der Waals surface area contributed by atoms with Crippen LogP contribution < -0.4 is 0 Å². The second-order valence-corrected chi connectivity index (χ2v) is 5.98. The number of rotatable bonds is 2. The van der Waals surface area contributed by atoms with Crippen molar-refractivity contribution in [2.24, 2.45) is 5.92 Å². The number of hydrogen-bond donors (Lipinski definition) is 0. The van der Waals surface area contributed by atoms with Gasteiger partial charge in [0, 0.05) is 32.1 Å². The van der Waals surface area contributed by atoms with Crippen LogP contribution in [-0.2, 0) is 9.53 Å². The van der Waals surface area contributed by atoms with Crippen LogP contribution in [0.5, 0.6) is 0 Å². The molecule has 2 saturated heterocycles. The number of morpholine rings is 1. The van der Waals surface area contributed by atoms with Gasteiger partial charge in [-0.1, -0.05) is 12.1 Å². The molecular formula is C17H21FN2O3. The monoisotopic (exact) mass is 320 g/mol. The van der Waals surface area contributed by atoms with Crippen molar-refractivity contribution in [2.45, 2.75) is 12.8 Å². The minimum atomic E-state index is -0.496. The third kappa shape index (κ3) is 3.52. The normalized spacial score (nSPS) is 19.7. The molecule has 0 unspecified atom stereocenters. The number of ether oxygens (including phenoxy) is 1. The summed E-state index contributed by atoms with van der Waals surface area (Å²) in [5.74, 6) is -0.673. The van der Waals surface area contributed by atoms with Crippen LogP contribution in [0.25, 0.3) is 0 Å². The molecule has 0 atom stereocenters. The van der Waals surface area contributed by atoms with E-state index in [-0.39, 0.29) is 23.3 Å². The predicted octanol–water partition coefficient (Wildman–Crippen LogP) is 1.54. The number of carbonyl (C=O) groups excluding carboxylic acids is 2. The number of nitrogens with zero attached hydrogens (tertiary/aromatic N) is 2. The smallest absolute Gasteiger partial charge is 0.256 e. The fourth-order valence-electron chi connectivity index (χ4n) is 3.18. The van der Waals surface area contributed by atoms with Crippen molar-refractivity contribution in [3.05, 3.63) is 35.6 Å². The third-order valence-corrected chi connectivity index (χ3v) is 4.56. The van der Waals surface area contributed by atoms with Crippen LogP contribution in [0.3, 0.4) is 0 Å². The lowest BCUT2D eigenvalue weighted by molar-refractivity contribution is -0.141. The van der Waals surface area contributed by atoms with Gasteiger partial charge in [-0.15, -0.1) is 0 Å². The van der Waals surface area contributed by atoms with E-state index in [1.54, 1.807) is 17.0 Å². The highest BCUT2D eigenvalue weighted by molar-refractivity contribution is 5.94. The molecule has 2 heterocycles. The molecular weight excluding hydrogens is 299 g/mol. The van der Waals surface area contributed by atoms with Gasteiger partial charge in [0.2, 0.25) is 5.91 Å². The van der Waals surface area contributed by atoms with Gasteiger partial charge in [-0.2, -0.15) is 0 Å². The molecule has 6 heteroatoms. The molecule has 0 bridgehead atoms. The number of benzene rings is 1. The van der Waals surface area contributed by atoms with E-state index >= 15 is 0 Å². The summed E-state index contributed by atoms with van der Waals surface area (Å²) in [5, 5.41) is 0. The second-order valence-electron chi connectivity index (χ2n) is 5.98. The van der Waals surface area contributed by atoms with Crippen molar-refractivity contribution in [1.29, 1.82) is 0 Å². The third-order valence-electron chi connectivity index (χ3n) is 4.56. The zero-order valence-electron chi connectivity index (χ0n) is 13.0. The molecule has 2 amide bonds. The van der Waals surface area contributed by atoms with Gasteiger partial charge in [0.05, 0.1) is 18.8 Å². The molecule has 23 heavy (non-hydrogen) atoms. The first kappa shape index (κ1) is 15.9. The Bertz CT molecular complexity index is 579. The maximum absolute atomic E-state index is 13.7. The van der Waals surface area contributed by atoms with Crippen LogP contribution in [0, 0.1) is 11.7 Å². The Kier molecular flexibility index (Phi) is 4.91. The lowest BCUT2D eigenvalue weighted by Crippen LogP contribution is -2.47. The molecule has 0 N–H and O–H groups in total. The van der Waals surface area contributed by atoms with Gasteiger partial charge in [-0.25, -0.2) is 4.39 Å². The van der Waals surface area contributed by atoms with Crippen molar-refractivity contribution in [3.8, 4) is 0 Å². The number of amides is 2. The molecule has 2 aliphatic rings. The van der Waals surface area contributed by atoms with Crippen LogP contribution >= 0.6 is 0 Å². The molecule has 0 spiro atoms. The molecule has 1 aromatic rings. The molecule has 0 aromatic heterocycles. The quantitative estimate of drug-likeness (QED) is 0.830. The van der Waals surface area contributed by atoms with E-state index in [0.29, 0.717) is 52.2 Å². The highest BCUT2D eigenvalue weighted by Crippen LogP contribution is 2.22. The Hall–Kier alpha value is -1.95. The summed E-state index contributed by atoms with van der Waals surface area (Å²) < 4.78 is 19.0. The van der Waals surface area contributed by atoms with E-state index in [1.807, 2.05) is 4.90 Å². The van der Waals surface area contributed by atoms with E-state index in [4.69, 9.17) is 4.74 Å². The van der Waals surface area contributed by atoms with Crippen LogP contribution in [-0.4, -0.2) is 61.0 Å². The van der Waals surface area contributed by atoms with Crippen molar-refractivity contribution in [1.82, 2.24) is 9.80 Å². The Morgan fingerprint density at radius 1 is 1.00 bits per heavy atom. The first-order valence-corrected chi connectivity index (χ1v) is 8.07. The van der Waals surface area contributed by atoms with Gasteiger partial charge in [0.1, 0.15) is 5.82 Å². The fraction of sp³-hybridized carbons (Fsp3) is 0.529. The zero-order valence-corrected chi connectivity index (χ0v) is 13.0. The number of hydrogen-bond acceptors (Lipinski definition) is 3. The van der Waals surface area contributed by atoms with E-state index in [0.717, 1.165) is 0 Å². The SMILES string of the molecule is O=C(c1ccccc1F)N1CCC(C(=O)N2CCOCC2)CC1. The fourth-order valence-corrected chi connectivity index (χ4v) is 3.18. The molecule has 124 valence electrons. The van der Waals surface area contributed by atoms with Crippen molar-refractivity contribution >= 4 is 11.8 Å². The van der Waals surface area contributed by atoms with Crippen molar-refractivity contribution < 1.29 is 18.7 Å². The molecule has 3 rings (SSSR count). The molecule has 2 fully saturated rings. The van der Waals surface area contributed by atoms with Gasteiger partial charge >= 0.3 is 0 Å². The molecule has 2 aliphatic heterocycles. The van der Waals surface area contributed by atoms with Crippen LogP contribution in [0.1, 0.15) is 23.2 Å². The van der Waals surface area contributed by atoms with Crippen LogP contribution in [0.15, 0.2) is 24.3 Å². The topological polar surface area (TPSA) is 49.9 Å². The summed E-state index contributed by atoms with van der Waals surface area (Å²) in [6.07, 6.45) is 1.27. The van der Waals surface area contributed by atoms with Crippen LogP contribution in [0.4, 0.5) is 4.39 Å². The van der Waals surface area contributed by atoms with Crippen LogP contribution in [0.2, 0.25) is 0 Å². The Balaban J connectivity index is 1.57. The van der Waals surface area contributed by atoms with Gasteiger partial charge in [0.15, 0.2) is 0 Å². The van der Waals surface area contributed by atoms with Crippen molar-refractivity contribution in [2.75, 3.05) is 39.4 Å². The minimum Gasteiger partial charge on any atom is -0.378 e. The Morgan fingerprint density at radius 3 is 2.30 bits per heavy atom. The van der Waals surface area contributed by atoms with E-state index in [9.17, 15) is 14.0 Å². The average Bonchev–Trinajstić information content (AvgIpc) is 2.62. The molecule has 0 aliphatic carbocycles. The Labute approximate surface area is 135 Å². The lowest BCUT2D eigenvalue weighted by atomic mass is 9.94. The highest BCUT2D eigenvalue weighted by atomic mass is 19.1. The van der Waals surface area contributed by atoms with Crippen molar-refractivity contribution in [3.63, 3.8) is 0 Å². The van der Waals surface area contributed by atoms with Gasteiger partial charge in [0.25, 0.3) is 5.91 Å².